The molecule has 0 spiro atoms. The highest BCUT2D eigenvalue weighted by Crippen LogP contribution is 2.07. The van der Waals surface area contributed by atoms with Crippen LogP contribution >= 0.6 is 0 Å². The fourth-order valence-electron chi connectivity index (χ4n) is 1.23. The number of aromatic nitrogens is 1. The van der Waals surface area contributed by atoms with Crippen molar-refractivity contribution < 1.29 is 22.5 Å². The summed E-state index contributed by atoms with van der Waals surface area (Å²) in [5.41, 5.74) is 0. The number of ether oxygens (including phenoxy) is 1. The molecule has 1 amide bonds. The molecule has 2 N–H and O–H groups in total. The van der Waals surface area contributed by atoms with E-state index in [1.165, 1.54) is 20.1 Å². The van der Waals surface area contributed by atoms with Gasteiger partial charge in [0.2, 0.25) is 15.9 Å². The van der Waals surface area contributed by atoms with Gasteiger partial charge in [0.1, 0.15) is 5.76 Å². The van der Waals surface area contributed by atoms with Crippen LogP contribution in [0.1, 0.15) is 12.7 Å². The molecule has 19 heavy (non-hydrogen) atoms. The summed E-state index contributed by atoms with van der Waals surface area (Å²) in [6.07, 6.45) is 0. The molecule has 1 heterocycles. The number of hydrogen-bond donors (Lipinski definition) is 2. The lowest BCUT2D eigenvalue weighted by Gasteiger charge is -2.12. The Morgan fingerprint density at radius 2 is 2.26 bits per heavy atom. The van der Waals surface area contributed by atoms with Crippen molar-refractivity contribution in [1.82, 2.24) is 9.88 Å². The molecule has 0 fully saturated rings. The van der Waals surface area contributed by atoms with Gasteiger partial charge in [-0.25, -0.2) is 13.1 Å². The van der Waals surface area contributed by atoms with Crippen LogP contribution in [0.4, 0.5) is 5.82 Å². The molecule has 0 bridgehead atoms. The Morgan fingerprint density at radius 1 is 1.58 bits per heavy atom. The Morgan fingerprint density at radius 3 is 2.79 bits per heavy atom. The second-order valence-corrected chi connectivity index (χ2v) is 5.84. The number of anilines is 1. The zero-order valence-electron chi connectivity index (χ0n) is 11.0. The van der Waals surface area contributed by atoms with Crippen molar-refractivity contribution >= 4 is 21.7 Å². The highest BCUT2D eigenvalue weighted by Gasteiger charge is 2.20. The summed E-state index contributed by atoms with van der Waals surface area (Å²) in [7, 11) is -2.15. The van der Waals surface area contributed by atoms with Gasteiger partial charge in [0, 0.05) is 13.2 Å². The molecule has 0 saturated carbocycles. The molecule has 108 valence electrons. The number of rotatable bonds is 7. The van der Waals surface area contributed by atoms with Crippen molar-refractivity contribution in [2.75, 3.05) is 24.8 Å². The highest BCUT2D eigenvalue weighted by atomic mass is 32.2. The fourth-order valence-corrected chi connectivity index (χ4v) is 2.38. The molecule has 0 aliphatic carbocycles. The molecule has 0 aliphatic rings. The number of amides is 1. The zero-order valence-corrected chi connectivity index (χ0v) is 11.8. The number of carbonyl (C=O) groups is 1. The topological polar surface area (TPSA) is 111 Å². The third kappa shape index (κ3) is 5.37. The van der Waals surface area contributed by atoms with E-state index in [9.17, 15) is 13.2 Å². The predicted octanol–water partition coefficient (Wildman–Crippen LogP) is -0.124. The van der Waals surface area contributed by atoms with Crippen LogP contribution < -0.4 is 10.0 Å². The minimum atomic E-state index is -3.55. The first-order valence-electron chi connectivity index (χ1n) is 5.57. The first kappa shape index (κ1) is 15.6. The number of nitrogens with one attached hydrogen (secondary N) is 2. The highest BCUT2D eigenvalue weighted by molar-refractivity contribution is 7.89. The number of aryl methyl sites for hydroxylation is 1. The van der Waals surface area contributed by atoms with Crippen LogP contribution in [0.2, 0.25) is 0 Å². The number of nitrogens with zero attached hydrogens (tertiary/aromatic N) is 1. The van der Waals surface area contributed by atoms with E-state index < -0.39 is 22.0 Å². The maximum absolute atomic E-state index is 11.7. The van der Waals surface area contributed by atoms with Gasteiger partial charge in [-0.3, -0.25) is 4.79 Å². The van der Waals surface area contributed by atoms with Gasteiger partial charge in [0.25, 0.3) is 0 Å². The van der Waals surface area contributed by atoms with E-state index in [-0.39, 0.29) is 18.2 Å². The number of sulfonamides is 1. The van der Waals surface area contributed by atoms with Crippen LogP contribution in [0, 0.1) is 6.92 Å². The number of carbonyl (C=O) groups excluding carboxylic acids is 1. The van der Waals surface area contributed by atoms with E-state index in [4.69, 9.17) is 4.52 Å². The molecule has 0 unspecified atom stereocenters. The molecule has 0 aliphatic heterocycles. The van der Waals surface area contributed by atoms with Crippen LogP contribution in [0.25, 0.3) is 0 Å². The summed E-state index contributed by atoms with van der Waals surface area (Å²) >= 11 is 0. The second-order valence-electron chi connectivity index (χ2n) is 3.96. The molecular weight excluding hydrogens is 274 g/mol. The summed E-state index contributed by atoms with van der Waals surface area (Å²) in [6.45, 7) is 3.18. The lowest BCUT2D eigenvalue weighted by Crippen LogP contribution is -2.43. The molecule has 1 atom stereocenters. The monoisotopic (exact) mass is 291 g/mol. The Bertz CT molecular complexity index is 525. The number of hydrogen-bond acceptors (Lipinski definition) is 6. The molecule has 1 rings (SSSR count). The van der Waals surface area contributed by atoms with Crippen LogP contribution in [0.15, 0.2) is 10.6 Å². The Labute approximate surface area is 111 Å². The molecule has 0 aromatic carbocycles. The summed E-state index contributed by atoms with van der Waals surface area (Å²) in [5, 5.41) is 6.02. The van der Waals surface area contributed by atoms with E-state index in [1.54, 1.807) is 6.92 Å². The smallest absolute Gasteiger partial charge is 0.243 e. The van der Waals surface area contributed by atoms with Gasteiger partial charge in [0.05, 0.1) is 18.4 Å². The van der Waals surface area contributed by atoms with Gasteiger partial charge in [-0.2, -0.15) is 0 Å². The van der Waals surface area contributed by atoms with Crippen LogP contribution in [-0.4, -0.2) is 45.0 Å². The Balaban J connectivity index is 2.53. The Kier molecular flexibility index (Phi) is 5.45. The normalized spacial score (nSPS) is 13.2. The van der Waals surface area contributed by atoms with E-state index in [2.05, 4.69) is 19.9 Å². The number of methoxy groups -OCH3 is 1. The maximum Gasteiger partial charge on any atom is 0.243 e. The lowest BCUT2D eigenvalue weighted by molar-refractivity contribution is -0.117. The maximum atomic E-state index is 11.7. The molecule has 8 nitrogen and oxygen atoms in total. The van der Waals surface area contributed by atoms with Gasteiger partial charge < -0.3 is 14.6 Å². The van der Waals surface area contributed by atoms with Gasteiger partial charge in [-0.15, -0.1) is 0 Å². The van der Waals surface area contributed by atoms with Crippen molar-refractivity contribution in [3.05, 3.63) is 11.8 Å². The second kappa shape index (κ2) is 6.64. The quantitative estimate of drug-likeness (QED) is 0.724. The molecule has 9 heteroatoms. The van der Waals surface area contributed by atoms with Gasteiger partial charge in [0.15, 0.2) is 5.82 Å². The minimum Gasteiger partial charge on any atom is -0.384 e. The molecule has 0 saturated heterocycles. The Hall–Kier alpha value is -1.45. The average molecular weight is 291 g/mol. The van der Waals surface area contributed by atoms with E-state index in [0.717, 1.165) is 0 Å². The summed E-state index contributed by atoms with van der Waals surface area (Å²) in [5.74, 6) is 0.0628. The van der Waals surface area contributed by atoms with Crippen molar-refractivity contribution in [3.8, 4) is 0 Å². The SMILES string of the molecule is COCCS(=O)(=O)N[C@@H](C)C(=O)Nc1cc(C)on1. The van der Waals surface area contributed by atoms with Crippen molar-refractivity contribution in [2.24, 2.45) is 0 Å². The average Bonchev–Trinajstić information content (AvgIpc) is 2.71. The standard InChI is InChI=1S/C10H17N3O5S/c1-7-6-9(12-18-7)11-10(14)8(2)13-19(15,16)5-4-17-3/h6,8,13H,4-5H2,1-3H3,(H,11,12,14)/t8-/m0/s1. The van der Waals surface area contributed by atoms with Crippen LogP contribution in [0.3, 0.4) is 0 Å². The third-order valence-electron chi connectivity index (χ3n) is 2.19. The van der Waals surface area contributed by atoms with Gasteiger partial charge in [-0.1, -0.05) is 5.16 Å². The van der Waals surface area contributed by atoms with E-state index >= 15 is 0 Å². The molecular formula is C10H17N3O5S. The third-order valence-corrected chi connectivity index (χ3v) is 3.60. The lowest BCUT2D eigenvalue weighted by atomic mass is 10.3. The van der Waals surface area contributed by atoms with Crippen LogP contribution in [-0.2, 0) is 19.6 Å². The first-order valence-corrected chi connectivity index (χ1v) is 7.22. The summed E-state index contributed by atoms with van der Waals surface area (Å²) in [4.78, 5) is 11.7. The van der Waals surface area contributed by atoms with Gasteiger partial charge >= 0.3 is 0 Å². The fraction of sp³-hybridized carbons (Fsp3) is 0.600. The van der Waals surface area contributed by atoms with E-state index in [0.29, 0.717) is 5.76 Å². The zero-order chi connectivity index (χ0) is 14.5. The first-order chi connectivity index (χ1) is 8.84. The molecule has 1 aromatic rings. The van der Waals surface area contributed by atoms with Crippen molar-refractivity contribution in [3.63, 3.8) is 0 Å². The van der Waals surface area contributed by atoms with E-state index in [1.807, 2.05) is 0 Å². The van der Waals surface area contributed by atoms with Crippen LogP contribution in [0.5, 0.6) is 0 Å². The minimum absolute atomic E-state index is 0.0617. The predicted molar refractivity (Wildman–Crippen MR) is 68.1 cm³/mol. The summed E-state index contributed by atoms with van der Waals surface area (Å²) < 4.78 is 34.8. The van der Waals surface area contributed by atoms with Gasteiger partial charge in [-0.05, 0) is 13.8 Å². The summed E-state index contributed by atoms with van der Waals surface area (Å²) in [6, 6.07) is 0.614. The van der Waals surface area contributed by atoms with Crippen molar-refractivity contribution in [1.29, 1.82) is 0 Å². The molecule has 1 aromatic heterocycles. The van der Waals surface area contributed by atoms with Crippen molar-refractivity contribution in [2.45, 2.75) is 19.9 Å². The largest absolute Gasteiger partial charge is 0.384 e. The molecule has 0 radical (unpaired) electrons.